The number of benzene rings is 5. The van der Waals surface area contributed by atoms with Gasteiger partial charge in [-0.3, -0.25) is 9.69 Å². The molecule has 60 heavy (non-hydrogen) atoms. The van der Waals surface area contributed by atoms with E-state index in [0.717, 1.165) is 111 Å². The van der Waals surface area contributed by atoms with E-state index in [1.165, 1.54) is 16.0 Å². The van der Waals surface area contributed by atoms with Gasteiger partial charge in [0, 0.05) is 104 Å². The lowest BCUT2D eigenvalue weighted by Crippen LogP contribution is -2.46. The minimum atomic E-state index is -4.12. The van der Waals surface area contributed by atoms with Crippen molar-refractivity contribution in [2.45, 2.75) is 48.6 Å². The van der Waals surface area contributed by atoms with E-state index in [4.69, 9.17) is 16.4 Å². The SMILES string of the molecule is CON=C1CCN(CC[C@H](CSc2ccccc2)Nc2ccc(S(=O)(=O)NC(=O)c3ccc(N4CCN(Cc5ccccc5-c5ccc(Cl)cc5)CC4)cc3)cc2C)CC1. The van der Waals surface area contributed by atoms with Crippen LogP contribution in [0.3, 0.4) is 0 Å². The number of hydrogen-bond donors (Lipinski definition) is 2. The van der Waals surface area contributed by atoms with Gasteiger partial charge in [0.1, 0.15) is 7.11 Å². The molecular weight excluding hydrogens is 812 g/mol. The topological polar surface area (TPSA) is 107 Å². The van der Waals surface area contributed by atoms with Gasteiger partial charge < -0.3 is 20.0 Å². The molecule has 0 saturated carbocycles. The Morgan fingerprint density at radius 3 is 2.23 bits per heavy atom. The van der Waals surface area contributed by atoms with Crippen LogP contribution in [0.1, 0.15) is 40.7 Å². The molecule has 0 aromatic heterocycles. The molecule has 2 fully saturated rings. The first-order valence-electron chi connectivity index (χ1n) is 20.5. The number of rotatable bonds is 16. The lowest BCUT2D eigenvalue weighted by molar-refractivity contribution is 0.0981. The van der Waals surface area contributed by atoms with Gasteiger partial charge in [-0.25, -0.2) is 13.1 Å². The molecule has 2 aliphatic rings. The molecule has 10 nitrogen and oxygen atoms in total. The first-order chi connectivity index (χ1) is 29.1. The smallest absolute Gasteiger partial charge is 0.264 e. The molecule has 1 atom stereocenters. The van der Waals surface area contributed by atoms with Crippen LogP contribution >= 0.6 is 23.4 Å². The number of piperazine rings is 1. The summed E-state index contributed by atoms with van der Waals surface area (Å²) < 4.78 is 29.3. The minimum absolute atomic E-state index is 0.0428. The van der Waals surface area contributed by atoms with E-state index in [1.54, 1.807) is 49.2 Å². The lowest BCUT2D eigenvalue weighted by atomic mass is 9.99. The van der Waals surface area contributed by atoms with Crippen molar-refractivity contribution in [3.63, 3.8) is 0 Å². The number of likely N-dealkylation sites (tertiary alicyclic amines) is 1. The van der Waals surface area contributed by atoms with Crippen LogP contribution in [-0.2, 0) is 21.4 Å². The van der Waals surface area contributed by atoms with Gasteiger partial charge in [-0.05, 0) is 102 Å². The van der Waals surface area contributed by atoms with Crippen molar-refractivity contribution in [3.8, 4) is 11.1 Å². The summed E-state index contributed by atoms with van der Waals surface area (Å²) in [5.41, 5.74) is 7.67. The molecule has 2 heterocycles. The maximum absolute atomic E-state index is 13.5. The Bertz CT molecular complexity index is 2330. The number of carbonyl (C=O) groups is 1. The molecule has 2 saturated heterocycles. The number of sulfonamides is 1. The molecule has 0 unspecified atom stereocenters. The monoisotopic (exact) mass is 864 g/mol. The largest absolute Gasteiger partial charge is 0.399 e. The van der Waals surface area contributed by atoms with Crippen LogP contribution in [0.25, 0.3) is 11.1 Å². The van der Waals surface area contributed by atoms with Gasteiger partial charge in [0.15, 0.2) is 0 Å². The number of hydrogen-bond acceptors (Lipinski definition) is 10. The van der Waals surface area contributed by atoms with Gasteiger partial charge in [0.2, 0.25) is 0 Å². The Labute approximate surface area is 364 Å². The first-order valence-corrected chi connectivity index (χ1v) is 23.3. The number of oxime groups is 1. The number of carbonyl (C=O) groups excluding carboxylic acids is 1. The summed E-state index contributed by atoms with van der Waals surface area (Å²) in [4.78, 5) is 26.7. The predicted octanol–water partition coefficient (Wildman–Crippen LogP) is 8.82. The summed E-state index contributed by atoms with van der Waals surface area (Å²) in [5, 5.41) is 8.57. The van der Waals surface area contributed by atoms with Crippen molar-refractivity contribution in [1.29, 1.82) is 0 Å². The van der Waals surface area contributed by atoms with E-state index in [2.05, 4.69) is 78.4 Å². The third kappa shape index (κ3) is 11.7. The molecule has 5 aromatic rings. The highest BCUT2D eigenvalue weighted by Crippen LogP contribution is 2.28. The molecule has 2 aliphatic heterocycles. The molecule has 0 bridgehead atoms. The number of aryl methyl sites for hydroxylation is 1. The summed E-state index contributed by atoms with van der Waals surface area (Å²) in [5.74, 6) is 0.182. The van der Waals surface area contributed by atoms with Crippen LogP contribution in [0.5, 0.6) is 0 Å². The highest BCUT2D eigenvalue weighted by molar-refractivity contribution is 7.99. The number of piperidine rings is 1. The van der Waals surface area contributed by atoms with Gasteiger partial charge in [-0.15, -0.1) is 11.8 Å². The maximum Gasteiger partial charge on any atom is 0.264 e. The summed E-state index contributed by atoms with van der Waals surface area (Å²) in [6, 6.07) is 39.1. The average Bonchev–Trinajstić information content (AvgIpc) is 3.27. The summed E-state index contributed by atoms with van der Waals surface area (Å²) in [6.45, 7) is 9.03. The number of anilines is 2. The van der Waals surface area contributed by atoms with Gasteiger partial charge >= 0.3 is 0 Å². The Balaban J connectivity index is 0.924. The van der Waals surface area contributed by atoms with E-state index in [9.17, 15) is 13.2 Å². The van der Waals surface area contributed by atoms with Crippen molar-refractivity contribution in [1.82, 2.24) is 14.5 Å². The maximum atomic E-state index is 13.5. The average molecular weight is 866 g/mol. The second kappa shape index (κ2) is 20.6. The Hall–Kier alpha value is -4.85. The van der Waals surface area contributed by atoms with Gasteiger partial charge in [0.05, 0.1) is 10.6 Å². The van der Waals surface area contributed by atoms with Crippen LogP contribution in [0.2, 0.25) is 5.02 Å². The van der Waals surface area contributed by atoms with Crippen LogP contribution in [-0.4, -0.2) is 94.6 Å². The van der Waals surface area contributed by atoms with Crippen molar-refractivity contribution < 1.29 is 18.0 Å². The predicted molar refractivity (Wildman–Crippen MR) is 246 cm³/mol. The van der Waals surface area contributed by atoms with E-state index < -0.39 is 15.9 Å². The summed E-state index contributed by atoms with van der Waals surface area (Å²) in [7, 11) is -2.53. The highest BCUT2D eigenvalue weighted by Gasteiger charge is 2.23. The number of halogens is 1. The first kappa shape index (κ1) is 43.2. The van der Waals surface area contributed by atoms with Crippen molar-refractivity contribution >= 4 is 56.4 Å². The van der Waals surface area contributed by atoms with Crippen LogP contribution in [0.4, 0.5) is 11.4 Å². The highest BCUT2D eigenvalue weighted by atomic mass is 35.5. The van der Waals surface area contributed by atoms with Crippen LogP contribution in [0.15, 0.2) is 136 Å². The van der Waals surface area contributed by atoms with E-state index in [-0.39, 0.29) is 16.5 Å². The molecular formula is C47H53ClN6O4S2. The lowest BCUT2D eigenvalue weighted by Gasteiger charge is -2.36. The van der Waals surface area contributed by atoms with Crippen molar-refractivity contribution in [2.75, 3.05) is 68.9 Å². The molecule has 314 valence electrons. The Kier molecular flexibility index (Phi) is 14.9. The molecule has 2 N–H and O–H groups in total. The summed E-state index contributed by atoms with van der Waals surface area (Å²) >= 11 is 7.94. The normalized spacial score (nSPS) is 15.7. The second-order valence-electron chi connectivity index (χ2n) is 15.3. The third-order valence-electron chi connectivity index (χ3n) is 11.2. The van der Waals surface area contributed by atoms with Gasteiger partial charge in [-0.2, -0.15) is 0 Å². The number of nitrogens with one attached hydrogen (secondary N) is 2. The molecule has 0 radical (unpaired) electrons. The molecule has 5 aromatic carbocycles. The number of amides is 1. The quantitative estimate of drug-likeness (QED) is 0.0744. The van der Waals surface area contributed by atoms with E-state index >= 15 is 0 Å². The third-order valence-corrected chi connectivity index (χ3v) is 13.9. The zero-order valence-electron chi connectivity index (χ0n) is 34.2. The molecule has 0 aliphatic carbocycles. The standard InChI is InChI=1S/C47H53ClN6O4S2/c1-35-32-44(20-21-46(35)49-41(34-59-43-9-4-3-5-10-43)24-27-52-25-22-40(23-26-52)50-58-2)60(56,57)51-47(55)37-14-18-42(19-15-37)54-30-28-53(29-31-54)33-38-8-6-7-11-45(38)36-12-16-39(48)17-13-36/h3-21,32,41,49H,22-31,33-34H2,1-2H3,(H,51,55)/t41-/m1/s1. The minimum Gasteiger partial charge on any atom is -0.399 e. The van der Waals surface area contributed by atoms with Crippen LogP contribution < -0.4 is 14.9 Å². The second-order valence-corrected chi connectivity index (χ2v) is 18.5. The Morgan fingerprint density at radius 1 is 0.833 bits per heavy atom. The summed E-state index contributed by atoms with van der Waals surface area (Å²) in [6.07, 6.45) is 2.73. The van der Waals surface area contributed by atoms with Gasteiger partial charge in [0.25, 0.3) is 15.9 Å². The molecule has 1 amide bonds. The zero-order chi connectivity index (χ0) is 41.9. The Morgan fingerprint density at radius 2 is 1.53 bits per heavy atom. The van der Waals surface area contributed by atoms with Crippen molar-refractivity contribution in [2.24, 2.45) is 5.16 Å². The van der Waals surface area contributed by atoms with Crippen molar-refractivity contribution in [3.05, 3.63) is 143 Å². The zero-order valence-corrected chi connectivity index (χ0v) is 36.6. The fourth-order valence-electron chi connectivity index (χ4n) is 7.73. The number of nitrogens with zero attached hydrogens (tertiary/aromatic N) is 4. The fourth-order valence-corrected chi connectivity index (χ4v) is 9.91. The van der Waals surface area contributed by atoms with E-state index in [1.807, 2.05) is 49.4 Å². The number of thioether (sulfide) groups is 1. The molecule has 13 heteroatoms. The van der Waals surface area contributed by atoms with E-state index in [0.29, 0.717) is 0 Å². The molecule has 7 rings (SSSR count). The molecule has 0 spiro atoms. The fraction of sp³-hybridized carbons (Fsp3) is 0.319. The van der Waals surface area contributed by atoms with Crippen LogP contribution in [0, 0.1) is 6.92 Å². The van der Waals surface area contributed by atoms with Gasteiger partial charge in [-0.1, -0.05) is 71.4 Å².